The number of hydrazine groups is 1. The number of halogens is 1. The summed E-state index contributed by atoms with van der Waals surface area (Å²) in [5.74, 6) is -1.61. The Bertz CT molecular complexity index is 1160. The fourth-order valence-electron chi connectivity index (χ4n) is 3.70. The summed E-state index contributed by atoms with van der Waals surface area (Å²) in [7, 11) is 0. The molecule has 2 aliphatic heterocycles. The minimum Gasteiger partial charge on any atom is -0.351 e. The van der Waals surface area contributed by atoms with E-state index in [0.717, 1.165) is 25.9 Å². The Kier molecular flexibility index (Phi) is 8.04. The van der Waals surface area contributed by atoms with Crippen molar-refractivity contribution in [2.75, 3.05) is 18.4 Å². The van der Waals surface area contributed by atoms with Gasteiger partial charge in [-0.25, -0.2) is 0 Å². The van der Waals surface area contributed by atoms with Crippen LogP contribution in [0.1, 0.15) is 46.4 Å². The predicted molar refractivity (Wildman–Crippen MR) is 135 cm³/mol. The van der Waals surface area contributed by atoms with Gasteiger partial charge in [0, 0.05) is 41.3 Å². The first kappa shape index (κ1) is 24.7. The van der Waals surface area contributed by atoms with Crippen molar-refractivity contribution in [1.82, 2.24) is 15.8 Å². The van der Waals surface area contributed by atoms with Crippen molar-refractivity contribution >= 4 is 57.8 Å². The predicted octanol–water partition coefficient (Wildman–Crippen LogP) is 3.23. The van der Waals surface area contributed by atoms with Gasteiger partial charge in [0.15, 0.2) is 5.17 Å². The van der Waals surface area contributed by atoms with Crippen LogP contribution in [0.4, 0.5) is 5.69 Å². The molecule has 4 amide bonds. The van der Waals surface area contributed by atoms with Gasteiger partial charge in [0.2, 0.25) is 5.91 Å². The number of carbonyl (C=O) groups excluding carboxylic acids is 4. The molecule has 1 fully saturated rings. The summed E-state index contributed by atoms with van der Waals surface area (Å²) in [4.78, 5) is 55.4. The molecular formula is C24H24ClN5O4S. The average Bonchev–Trinajstić information content (AvgIpc) is 3.23. The molecule has 2 aliphatic rings. The Morgan fingerprint density at radius 3 is 2.34 bits per heavy atom. The van der Waals surface area contributed by atoms with Crippen molar-refractivity contribution in [3.8, 4) is 0 Å². The van der Waals surface area contributed by atoms with Gasteiger partial charge in [0.05, 0.1) is 0 Å². The van der Waals surface area contributed by atoms with E-state index in [1.165, 1.54) is 36.4 Å². The molecule has 0 spiro atoms. The largest absolute Gasteiger partial charge is 0.351 e. The highest BCUT2D eigenvalue weighted by atomic mass is 35.5. The maximum atomic E-state index is 12.5. The van der Waals surface area contributed by atoms with Crippen molar-refractivity contribution in [2.24, 2.45) is 4.99 Å². The molecule has 0 bridgehead atoms. The van der Waals surface area contributed by atoms with Gasteiger partial charge >= 0.3 is 0 Å². The van der Waals surface area contributed by atoms with Gasteiger partial charge in [0.25, 0.3) is 17.7 Å². The van der Waals surface area contributed by atoms with Crippen LogP contribution in [-0.4, -0.2) is 52.0 Å². The molecule has 0 radical (unpaired) electrons. The van der Waals surface area contributed by atoms with Crippen LogP contribution >= 0.6 is 23.4 Å². The van der Waals surface area contributed by atoms with Crippen LogP contribution in [0.3, 0.4) is 0 Å². The number of anilines is 1. The number of carbonyl (C=O) groups is 4. The Morgan fingerprint density at radius 1 is 0.971 bits per heavy atom. The van der Waals surface area contributed by atoms with Crippen molar-refractivity contribution in [3.05, 3.63) is 64.7 Å². The van der Waals surface area contributed by atoms with Crippen LogP contribution in [0.15, 0.2) is 53.5 Å². The third-order valence-electron chi connectivity index (χ3n) is 5.53. The lowest BCUT2D eigenvalue weighted by molar-refractivity contribution is -0.121. The van der Waals surface area contributed by atoms with Gasteiger partial charge in [-0.2, -0.15) is 4.99 Å². The van der Waals surface area contributed by atoms with E-state index in [4.69, 9.17) is 11.6 Å². The molecule has 0 saturated carbocycles. The number of nitrogens with one attached hydrogen (secondary N) is 3. The molecule has 182 valence electrons. The first-order chi connectivity index (χ1) is 16.9. The molecule has 2 aromatic rings. The number of nitrogens with zero attached hydrogens (tertiary/aromatic N) is 2. The van der Waals surface area contributed by atoms with E-state index < -0.39 is 17.1 Å². The fourth-order valence-corrected chi connectivity index (χ4v) is 5.01. The second-order valence-electron chi connectivity index (χ2n) is 8.14. The molecule has 3 N–H and O–H groups in total. The minimum atomic E-state index is -0.528. The number of piperidine rings is 1. The molecule has 1 unspecified atom stereocenters. The molecule has 1 atom stereocenters. The van der Waals surface area contributed by atoms with Crippen LogP contribution < -0.4 is 16.2 Å². The molecule has 9 nitrogen and oxygen atoms in total. The Balaban J connectivity index is 1.24. The second-order valence-corrected chi connectivity index (χ2v) is 9.74. The summed E-state index contributed by atoms with van der Waals surface area (Å²) >= 11 is 7.22. The van der Waals surface area contributed by atoms with Gasteiger partial charge in [-0.15, -0.1) is 0 Å². The Morgan fingerprint density at radius 2 is 1.66 bits per heavy atom. The van der Waals surface area contributed by atoms with Crippen molar-refractivity contribution < 1.29 is 19.2 Å². The quantitative estimate of drug-likeness (QED) is 0.528. The highest BCUT2D eigenvalue weighted by Crippen LogP contribution is 2.29. The molecule has 35 heavy (non-hydrogen) atoms. The number of hydrogen-bond acceptors (Lipinski definition) is 6. The van der Waals surface area contributed by atoms with Crippen molar-refractivity contribution in [2.45, 2.75) is 30.9 Å². The number of benzene rings is 2. The zero-order valence-electron chi connectivity index (χ0n) is 18.8. The third-order valence-corrected chi connectivity index (χ3v) is 6.98. The van der Waals surface area contributed by atoms with Gasteiger partial charge in [-0.1, -0.05) is 29.4 Å². The maximum Gasteiger partial charge on any atom is 0.269 e. The number of amidine groups is 1. The molecule has 2 aromatic carbocycles. The lowest BCUT2D eigenvalue weighted by Gasteiger charge is -2.27. The summed E-state index contributed by atoms with van der Waals surface area (Å²) in [5, 5.41) is 3.34. The number of amides is 4. The van der Waals surface area contributed by atoms with E-state index in [-0.39, 0.29) is 23.8 Å². The van der Waals surface area contributed by atoms with Crippen molar-refractivity contribution in [1.29, 1.82) is 0 Å². The number of thioether (sulfide) groups is 1. The van der Waals surface area contributed by atoms with E-state index in [9.17, 15) is 19.2 Å². The summed E-state index contributed by atoms with van der Waals surface area (Å²) in [6.07, 6.45) is 3.37. The molecule has 11 heteroatoms. The SMILES string of the molecule is O=C(CC1SC(N2CCCCC2)=NC1=O)Nc1ccc(C(=O)NNC(=O)c2cccc(Cl)c2)cc1. The molecule has 1 saturated heterocycles. The van der Waals surface area contributed by atoms with Crippen LogP contribution in [0.5, 0.6) is 0 Å². The van der Waals surface area contributed by atoms with Crippen LogP contribution in [0.2, 0.25) is 5.02 Å². The van der Waals surface area contributed by atoms with Crippen LogP contribution in [0.25, 0.3) is 0 Å². The lowest BCUT2D eigenvalue weighted by Crippen LogP contribution is -2.41. The zero-order chi connectivity index (χ0) is 24.8. The Hall–Kier alpha value is -3.37. The van der Waals surface area contributed by atoms with Crippen molar-refractivity contribution in [3.63, 3.8) is 0 Å². The normalized spacial score (nSPS) is 17.5. The first-order valence-corrected chi connectivity index (χ1v) is 12.4. The summed E-state index contributed by atoms with van der Waals surface area (Å²) in [6, 6.07) is 12.5. The summed E-state index contributed by atoms with van der Waals surface area (Å²) in [6.45, 7) is 1.78. The van der Waals surface area contributed by atoms with E-state index in [1.807, 2.05) is 0 Å². The summed E-state index contributed by atoms with van der Waals surface area (Å²) < 4.78 is 0. The number of likely N-dealkylation sites (tertiary alicyclic amines) is 1. The second kappa shape index (κ2) is 11.4. The smallest absolute Gasteiger partial charge is 0.269 e. The first-order valence-electron chi connectivity index (χ1n) is 11.2. The van der Waals surface area contributed by atoms with Crippen LogP contribution in [0, 0.1) is 0 Å². The zero-order valence-corrected chi connectivity index (χ0v) is 20.3. The standard InChI is InChI=1S/C24H24ClN5O4S/c25-17-6-4-5-16(13-17)22(33)29-28-21(32)15-7-9-18(10-8-15)26-20(31)14-19-23(34)27-24(35-19)30-11-2-1-3-12-30/h4-10,13,19H,1-3,11-12,14H2,(H,26,31)(H,28,32)(H,29,33). The highest BCUT2D eigenvalue weighted by molar-refractivity contribution is 8.15. The molecule has 0 aromatic heterocycles. The Labute approximate surface area is 211 Å². The average molecular weight is 514 g/mol. The van der Waals surface area contributed by atoms with Gasteiger partial charge in [0.1, 0.15) is 5.25 Å². The minimum absolute atomic E-state index is 0.0160. The van der Waals surface area contributed by atoms with E-state index in [1.54, 1.807) is 30.3 Å². The third kappa shape index (κ3) is 6.61. The maximum absolute atomic E-state index is 12.5. The topological polar surface area (TPSA) is 120 Å². The molecule has 2 heterocycles. The fraction of sp³-hybridized carbons (Fsp3) is 0.292. The van der Waals surface area contributed by atoms with Gasteiger partial charge in [-0.05, 0) is 61.7 Å². The van der Waals surface area contributed by atoms with Crippen LogP contribution in [-0.2, 0) is 9.59 Å². The number of rotatable bonds is 5. The van der Waals surface area contributed by atoms with E-state index in [0.29, 0.717) is 21.4 Å². The molecular weight excluding hydrogens is 490 g/mol. The summed E-state index contributed by atoms with van der Waals surface area (Å²) in [5.41, 5.74) is 5.75. The van der Waals surface area contributed by atoms with Gasteiger partial charge in [-0.3, -0.25) is 30.0 Å². The van der Waals surface area contributed by atoms with E-state index >= 15 is 0 Å². The van der Waals surface area contributed by atoms with Gasteiger partial charge < -0.3 is 10.2 Å². The molecule has 4 rings (SSSR count). The van der Waals surface area contributed by atoms with E-state index in [2.05, 4.69) is 26.1 Å². The monoisotopic (exact) mass is 513 g/mol. The molecule has 0 aliphatic carbocycles. The number of aliphatic imine (C=N–C) groups is 1. The highest BCUT2D eigenvalue weighted by Gasteiger charge is 2.33. The number of hydrogen-bond donors (Lipinski definition) is 3. The lowest BCUT2D eigenvalue weighted by atomic mass is 10.1.